The van der Waals surface area contributed by atoms with Crippen LogP contribution >= 0.6 is 11.6 Å². The summed E-state index contributed by atoms with van der Waals surface area (Å²) in [5.74, 6) is 0.750. The number of benzene rings is 1. The van der Waals surface area contributed by atoms with Crippen LogP contribution < -0.4 is 10.5 Å². The molecule has 0 spiro atoms. The van der Waals surface area contributed by atoms with E-state index in [-0.39, 0.29) is 6.04 Å². The van der Waals surface area contributed by atoms with Gasteiger partial charge in [-0.1, -0.05) is 17.7 Å². The van der Waals surface area contributed by atoms with Gasteiger partial charge in [0.25, 0.3) is 0 Å². The molecule has 0 radical (unpaired) electrons. The summed E-state index contributed by atoms with van der Waals surface area (Å²) in [4.78, 5) is 0. The molecule has 3 nitrogen and oxygen atoms in total. The van der Waals surface area contributed by atoms with Crippen LogP contribution in [0.1, 0.15) is 22.7 Å². The minimum absolute atomic E-state index is 0.320. The molecule has 0 aliphatic rings. The van der Waals surface area contributed by atoms with Crippen molar-refractivity contribution in [3.05, 3.63) is 52.4 Å². The van der Waals surface area contributed by atoms with Crippen LogP contribution in [0, 0.1) is 6.92 Å². The van der Waals surface area contributed by atoms with Gasteiger partial charge in [0.05, 0.1) is 19.4 Å². The SMILES string of the molecule is COc1ccc(C)cc1C(N)c1ccoc1Cl. The molecular formula is C13H14ClNO2. The van der Waals surface area contributed by atoms with Gasteiger partial charge in [-0.15, -0.1) is 0 Å². The summed E-state index contributed by atoms with van der Waals surface area (Å²) < 4.78 is 10.4. The van der Waals surface area contributed by atoms with E-state index in [9.17, 15) is 0 Å². The third-order valence-corrected chi connectivity index (χ3v) is 3.01. The van der Waals surface area contributed by atoms with Gasteiger partial charge in [0.2, 0.25) is 0 Å². The van der Waals surface area contributed by atoms with Crippen molar-refractivity contribution in [3.63, 3.8) is 0 Å². The summed E-state index contributed by atoms with van der Waals surface area (Å²) in [5, 5.41) is 0.320. The smallest absolute Gasteiger partial charge is 0.198 e. The number of hydrogen-bond acceptors (Lipinski definition) is 3. The summed E-state index contributed by atoms with van der Waals surface area (Å²) in [6.45, 7) is 2.01. The van der Waals surface area contributed by atoms with Crippen LogP contribution in [0.3, 0.4) is 0 Å². The molecule has 2 N–H and O–H groups in total. The fourth-order valence-corrected chi connectivity index (χ4v) is 2.02. The van der Waals surface area contributed by atoms with Gasteiger partial charge in [-0.25, -0.2) is 0 Å². The number of aryl methyl sites for hydroxylation is 1. The number of nitrogens with two attached hydrogens (primary N) is 1. The Hall–Kier alpha value is -1.45. The van der Waals surface area contributed by atoms with Gasteiger partial charge in [0, 0.05) is 11.1 Å². The number of ether oxygens (including phenoxy) is 1. The van der Waals surface area contributed by atoms with E-state index in [4.69, 9.17) is 26.5 Å². The van der Waals surface area contributed by atoms with E-state index in [2.05, 4.69) is 0 Å². The Balaban J connectivity index is 2.46. The molecule has 1 unspecified atom stereocenters. The van der Waals surface area contributed by atoms with E-state index >= 15 is 0 Å². The highest BCUT2D eigenvalue weighted by Gasteiger charge is 2.18. The maximum absolute atomic E-state index is 6.18. The fourth-order valence-electron chi connectivity index (χ4n) is 1.79. The predicted molar refractivity (Wildman–Crippen MR) is 67.5 cm³/mol. The van der Waals surface area contributed by atoms with Crippen LogP contribution in [0.25, 0.3) is 0 Å². The number of furan rings is 1. The van der Waals surface area contributed by atoms with E-state index in [0.717, 1.165) is 22.4 Å². The van der Waals surface area contributed by atoms with E-state index in [1.54, 1.807) is 13.2 Å². The lowest BCUT2D eigenvalue weighted by molar-refractivity contribution is 0.407. The summed E-state index contributed by atoms with van der Waals surface area (Å²) in [5.41, 5.74) is 8.96. The van der Waals surface area contributed by atoms with Gasteiger partial charge in [-0.2, -0.15) is 0 Å². The molecule has 2 rings (SSSR count). The lowest BCUT2D eigenvalue weighted by atomic mass is 9.99. The summed E-state index contributed by atoms with van der Waals surface area (Å²) in [6.07, 6.45) is 1.53. The van der Waals surface area contributed by atoms with E-state index in [0.29, 0.717) is 5.22 Å². The largest absolute Gasteiger partial charge is 0.496 e. The second-order valence-corrected chi connectivity index (χ2v) is 4.22. The molecule has 0 aliphatic carbocycles. The minimum Gasteiger partial charge on any atom is -0.496 e. The number of rotatable bonds is 3. The molecule has 2 aromatic rings. The molecule has 1 aromatic heterocycles. The second-order valence-electron chi connectivity index (χ2n) is 3.87. The van der Waals surface area contributed by atoms with Crippen molar-refractivity contribution in [1.29, 1.82) is 0 Å². The first-order valence-electron chi connectivity index (χ1n) is 5.26. The summed E-state index contributed by atoms with van der Waals surface area (Å²) >= 11 is 5.93. The monoisotopic (exact) mass is 251 g/mol. The van der Waals surface area contributed by atoms with Crippen LogP contribution in [0.2, 0.25) is 5.22 Å². The molecule has 0 saturated heterocycles. The minimum atomic E-state index is -0.351. The first kappa shape index (κ1) is 12.0. The molecule has 1 heterocycles. The molecule has 0 bridgehead atoms. The topological polar surface area (TPSA) is 48.4 Å². The highest BCUT2D eigenvalue weighted by molar-refractivity contribution is 6.29. The Morgan fingerprint density at radius 2 is 2.06 bits per heavy atom. The molecule has 0 aliphatic heterocycles. The lowest BCUT2D eigenvalue weighted by Gasteiger charge is -2.15. The van der Waals surface area contributed by atoms with Crippen molar-refractivity contribution in [2.24, 2.45) is 5.73 Å². The first-order chi connectivity index (χ1) is 8.13. The Morgan fingerprint density at radius 3 is 2.65 bits per heavy atom. The maximum atomic E-state index is 6.18. The van der Waals surface area contributed by atoms with Crippen molar-refractivity contribution >= 4 is 11.6 Å². The van der Waals surface area contributed by atoms with Crippen LogP contribution in [-0.4, -0.2) is 7.11 Å². The second kappa shape index (κ2) is 4.82. The van der Waals surface area contributed by atoms with Gasteiger partial charge in [-0.3, -0.25) is 0 Å². The first-order valence-corrected chi connectivity index (χ1v) is 5.64. The Bertz CT molecular complexity index is 522. The number of halogens is 1. The van der Waals surface area contributed by atoms with Crippen molar-refractivity contribution < 1.29 is 9.15 Å². The van der Waals surface area contributed by atoms with Gasteiger partial charge in [0.15, 0.2) is 5.22 Å². The van der Waals surface area contributed by atoms with Gasteiger partial charge in [0.1, 0.15) is 5.75 Å². The third kappa shape index (κ3) is 2.30. The Labute approximate surface area is 105 Å². The molecule has 1 aromatic carbocycles. The van der Waals surface area contributed by atoms with Gasteiger partial charge < -0.3 is 14.9 Å². The average molecular weight is 252 g/mol. The summed E-state index contributed by atoms with van der Waals surface area (Å²) in [6, 6.07) is 7.29. The van der Waals surface area contributed by atoms with Gasteiger partial charge >= 0.3 is 0 Å². The van der Waals surface area contributed by atoms with E-state index in [1.807, 2.05) is 25.1 Å². The molecule has 4 heteroatoms. The zero-order valence-corrected chi connectivity index (χ0v) is 10.5. The van der Waals surface area contributed by atoms with Gasteiger partial charge in [-0.05, 0) is 30.7 Å². The molecule has 90 valence electrons. The molecule has 1 atom stereocenters. The standard InChI is InChI=1S/C13H14ClNO2/c1-8-3-4-11(16-2)10(7-8)12(15)9-5-6-17-13(9)14/h3-7,12H,15H2,1-2H3. The van der Waals surface area contributed by atoms with E-state index in [1.165, 1.54) is 6.26 Å². The predicted octanol–water partition coefficient (Wildman–Crippen LogP) is 3.30. The number of methoxy groups -OCH3 is 1. The number of hydrogen-bond donors (Lipinski definition) is 1. The lowest BCUT2D eigenvalue weighted by Crippen LogP contribution is -2.13. The average Bonchev–Trinajstić information content (AvgIpc) is 2.74. The highest BCUT2D eigenvalue weighted by Crippen LogP contribution is 2.32. The van der Waals surface area contributed by atoms with E-state index < -0.39 is 0 Å². The summed E-state index contributed by atoms with van der Waals surface area (Å²) in [7, 11) is 1.62. The van der Waals surface area contributed by atoms with Crippen molar-refractivity contribution in [2.75, 3.05) is 7.11 Å². The Morgan fingerprint density at radius 1 is 1.29 bits per heavy atom. The zero-order chi connectivity index (χ0) is 12.4. The Kier molecular flexibility index (Phi) is 3.41. The van der Waals surface area contributed by atoms with Crippen molar-refractivity contribution in [2.45, 2.75) is 13.0 Å². The van der Waals surface area contributed by atoms with Crippen molar-refractivity contribution in [3.8, 4) is 5.75 Å². The maximum Gasteiger partial charge on any atom is 0.198 e. The quantitative estimate of drug-likeness (QED) is 0.911. The zero-order valence-electron chi connectivity index (χ0n) is 9.74. The fraction of sp³-hybridized carbons (Fsp3) is 0.231. The third-order valence-electron chi connectivity index (χ3n) is 2.70. The molecule has 0 amide bonds. The molecule has 17 heavy (non-hydrogen) atoms. The van der Waals surface area contributed by atoms with Crippen LogP contribution in [-0.2, 0) is 0 Å². The van der Waals surface area contributed by atoms with Crippen LogP contribution in [0.5, 0.6) is 5.75 Å². The van der Waals surface area contributed by atoms with Crippen molar-refractivity contribution in [1.82, 2.24) is 0 Å². The van der Waals surface area contributed by atoms with Crippen LogP contribution in [0.15, 0.2) is 34.9 Å². The molecular weight excluding hydrogens is 238 g/mol. The molecule has 0 fully saturated rings. The normalized spacial score (nSPS) is 12.5. The molecule has 0 saturated carbocycles. The van der Waals surface area contributed by atoms with Crippen LogP contribution in [0.4, 0.5) is 0 Å². The highest BCUT2D eigenvalue weighted by atomic mass is 35.5.